The predicted molar refractivity (Wildman–Crippen MR) is 465 cm³/mol. The molecule has 0 spiro atoms. The van der Waals surface area contributed by atoms with Crippen LogP contribution in [0.25, 0.3) is 0 Å². The number of likely N-dealkylation sites (N-methyl/N-ethyl adjacent to an activating group) is 1. The van der Waals surface area contributed by atoms with Crippen molar-refractivity contribution < 1.29 is 161 Å². The van der Waals surface area contributed by atoms with Gasteiger partial charge in [-0.25, -0.2) is 9.73 Å². The first-order valence-electron chi connectivity index (χ1n) is 41.1. The molecule has 0 aromatic heterocycles. The van der Waals surface area contributed by atoms with Crippen molar-refractivity contribution >= 4 is 129 Å². The number of nitrogens with two attached hydrogens (primary N) is 9. The van der Waals surface area contributed by atoms with Gasteiger partial charge in [-0.3, -0.25) is 29.2 Å². The number of rotatable bonds is 49. The summed E-state index contributed by atoms with van der Waals surface area (Å²) in [6.07, 6.45) is 7.55. The maximum Gasteiger partial charge on any atom is 0.451 e. The van der Waals surface area contributed by atoms with E-state index in [1.165, 1.54) is 34.0 Å². The maximum absolute atomic E-state index is 12.9. The van der Waals surface area contributed by atoms with E-state index in [9.17, 15) is 76.7 Å². The second-order valence-electron chi connectivity index (χ2n) is 32.1. The van der Waals surface area contributed by atoms with Crippen molar-refractivity contribution in [1.29, 1.82) is 0 Å². The molecule has 0 aromatic carbocycles. The van der Waals surface area contributed by atoms with Gasteiger partial charge in [0.15, 0.2) is 0 Å². The first-order valence-corrected chi connectivity index (χ1v) is 48.2. The van der Waals surface area contributed by atoms with Gasteiger partial charge >= 0.3 is 86.4 Å². The molecule has 67 heteroatoms. The van der Waals surface area contributed by atoms with Crippen molar-refractivity contribution in [3.63, 3.8) is 0 Å². The highest BCUT2D eigenvalue weighted by Crippen LogP contribution is 2.37. The summed E-state index contributed by atoms with van der Waals surface area (Å²) in [7, 11) is -17.9. The van der Waals surface area contributed by atoms with Crippen molar-refractivity contribution in [3.05, 3.63) is 0 Å². The van der Waals surface area contributed by atoms with E-state index in [2.05, 4.69) is 20.1 Å². The molecule has 6 rings (SSSR count). The number of carboxylic acids is 2. The number of hydrazine groups is 1. The third-order valence-electron chi connectivity index (χ3n) is 21.3. The highest BCUT2D eigenvalue weighted by molar-refractivity contribution is 7.88. The SMILES string of the molecule is CN(C)CCN(N(C)C)S(=O)(=O)N1C[C@H](CCCB(O)O)[C@@H](N)C1.CON(CCN)S(=O)(=O)N1C[C@H](CCCB(O)O)[C@@H](N)C1.C[C@H](N)C(=O)NC1(CNS(=O)(=O)N2C[C@H](CCCB(O)O)[C@](N)(C(=O)O)C2)CC1.C[C@H](N)C(=O)NCCNS(=O)(=O)N1C[C@H](CCCB(O)O)[C@](N)(C(=O)O)C1.NCCN(O)S(=O)(=O)N1C[C@H](CCCB(O)O)[C@@H](N)C1.O=C=O.O=C=O.O=C=O. The van der Waals surface area contributed by atoms with Crippen LogP contribution in [0.15, 0.2) is 0 Å². The summed E-state index contributed by atoms with van der Waals surface area (Å²) < 4.78 is 138. The minimum atomic E-state index is -4.03. The van der Waals surface area contributed by atoms with Gasteiger partial charge in [0, 0.05) is 155 Å². The molecule has 754 valence electrons. The summed E-state index contributed by atoms with van der Waals surface area (Å²) in [6.45, 7) is 4.52. The lowest BCUT2D eigenvalue weighted by Crippen LogP contribution is -2.56. The highest BCUT2D eigenvalue weighted by Gasteiger charge is 2.55. The van der Waals surface area contributed by atoms with E-state index in [0.29, 0.717) is 96.9 Å². The third-order valence-corrected chi connectivity index (χ3v) is 29.8. The second-order valence-corrected chi connectivity index (χ2v) is 41.1. The Kier molecular flexibility index (Phi) is 60.3. The number of nitrogens with zero attached hydrogens (tertiary/aromatic N) is 10. The summed E-state index contributed by atoms with van der Waals surface area (Å²) >= 11 is 0. The van der Waals surface area contributed by atoms with Crippen LogP contribution in [0.4, 0.5) is 0 Å². The number of hydrogen-bond donors (Lipinski definition) is 26. The fourth-order valence-corrected chi connectivity index (χ4v) is 21.1. The van der Waals surface area contributed by atoms with Crippen LogP contribution in [-0.4, -0.2) is 437 Å². The molecule has 5 saturated heterocycles. The van der Waals surface area contributed by atoms with Gasteiger partial charge in [-0.2, -0.15) is 97.1 Å². The van der Waals surface area contributed by atoms with E-state index < -0.39 is 158 Å². The fraction of sp³-hybridized carbons (Fsp3) is 0.889. The van der Waals surface area contributed by atoms with Crippen LogP contribution in [0.1, 0.15) is 90.9 Å². The van der Waals surface area contributed by atoms with Crippen molar-refractivity contribution in [3.8, 4) is 0 Å². The lowest BCUT2D eigenvalue weighted by Gasteiger charge is -2.32. The van der Waals surface area contributed by atoms with Gasteiger partial charge in [0.05, 0.1) is 37.8 Å². The van der Waals surface area contributed by atoms with E-state index in [4.69, 9.17) is 135 Å². The van der Waals surface area contributed by atoms with Crippen LogP contribution < -0.4 is 71.7 Å². The van der Waals surface area contributed by atoms with Crippen LogP contribution in [0.5, 0.6) is 0 Å². The molecular weight excluding hydrogens is 1840 g/mol. The standard InChI is InChI=1S/C15H30BN5O7S.C13H28BN5O7S.C13H32BN5O4S.C10H25BN4O5S.C9H23BN4O5S.3CO2/c1-10(17)12(22)20-14(4-5-14)8-19-29(27,28)21-7-11(3-2-6-16(25)26)15(18,9-21)13(23)24;1-9(15)11(20)17-5-6-18-27(25,26)19-7-10(3-2-4-14(23)24)13(16,8-19)12(21)22;1-16(2)8-9-19(17(3)4)24(22,23)18-10-12(13(15)11-18)6-5-7-14(20)21;1-20-15(6-5-12)21(18,19)14-7-9(10(13)8-14)3-2-4-11(16)17;11-4-5-14(17)20(18,19)13-6-8(9(12)7-13)2-1-3-10(15)16;3*2-1-3/h10-11,19,25-26H,2-9,17-18H2,1H3,(H,20,22)(H,23,24);9-10,18,23-24H,2-8,15-16H2,1H3,(H,17,20)(H,21,22);12-13,20-21H,5-11,15H2,1-4H3;9-10,16-17H,2-8,12-13H2,1H3;8-9,15-17H,1-7,11-12H2;;;/t10-,11-,15-;9-,10-,13-;12-,13-;9-,10-;8-,9-;;;/m00000.../s1. The average molecular weight is 1980 g/mol. The molecular formula is C63H138B5N23O34S5. The van der Waals surface area contributed by atoms with Gasteiger partial charge in [-0.05, 0) is 122 Å². The Labute approximate surface area is 760 Å². The zero-order valence-corrected chi connectivity index (χ0v) is 78.3. The van der Waals surface area contributed by atoms with E-state index in [-0.39, 0.29) is 188 Å². The molecule has 1 saturated carbocycles. The Morgan fingerprint density at radius 3 is 1.11 bits per heavy atom. The number of hydroxylamine groups is 2. The molecule has 1 aliphatic carbocycles. The van der Waals surface area contributed by atoms with Gasteiger partial charge in [-0.1, -0.05) is 41.0 Å². The summed E-state index contributed by atoms with van der Waals surface area (Å²) in [6, 6.07) is -2.26. The maximum atomic E-state index is 12.9. The smallest absolute Gasteiger partial charge is 0.451 e. The Bertz CT molecular complexity index is 4010. The Morgan fingerprint density at radius 2 is 0.808 bits per heavy atom. The largest absolute Gasteiger partial charge is 0.480 e. The third kappa shape index (κ3) is 45.2. The molecule has 5 aliphatic heterocycles. The lowest BCUT2D eigenvalue weighted by molar-refractivity contribution is -0.193. The molecule has 6 fully saturated rings. The number of carboxylic acid groups (broad SMARTS) is 2. The van der Waals surface area contributed by atoms with Gasteiger partial charge in [0.25, 0.3) is 30.6 Å². The summed E-state index contributed by atoms with van der Waals surface area (Å²) in [5.74, 6) is -4.81. The molecule has 35 N–H and O–H groups in total. The topological polar surface area (TPSA) is 928 Å². The van der Waals surface area contributed by atoms with Gasteiger partial charge in [0.2, 0.25) is 11.8 Å². The molecule has 12 atom stereocenters. The van der Waals surface area contributed by atoms with E-state index in [0.717, 1.165) is 17.4 Å². The summed E-state index contributed by atoms with van der Waals surface area (Å²) in [5, 5.41) is 124. The van der Waals surface area contributed by atoms with Crippen molar-refractivity contribution in [2.24, 2.45) is 81.2 Å². The first kappa shape index (κ1) is 127. The molecule has 130 heavy (non-hydrogen) atoms. The zero-order valence-electron chi connectivity index (χ0n) is 74.2. The predicted octanol–water partition coefficient (Wildman–Crippen LogP) is -15.7. The lowest BCUT2D eigenvalue weighted by atomic mass is 9.78. The van der Waals surface area contributed by atoms with Crippen LogP contribution in [-0.2, 0) is 104 Å². The quantitative estimate of drug-likeness (QED) is 0.0153. The van der Waals surface area contributed by atoms with Crippen molar-refractivity contribution in [2.45, 2.75) is 169 Å². The van der Waals surface area contributed by atoms with Crippen molar-refractivity contribution in [1.82, 2.24) is 64.9 Å². The van der Waals surface area contributed by atoms with Gasteiger partial charge < -0.3 is 128 Å². The number of amides is 2. The number of aliphatic carboxylic acids is 2. The molecule has 6 aliphatic rings. The minimum Gasteiger partial charge on any atom is -0.480 e. The Balaban J connectivity index is 0. The number of carbonyl (C=O) groups excluding carboxylic acids is 8. The van der Waals surface area contributed by atoms with E-state index in [1.807, 2.05) is 19.0 Å². The highest BCUT2D eigenvalue weighted by atomic mass is 32.2. The molecule has 57 nitrogen and oxygen atoms in total. The van der Waals surface area contributed by atoms with Gasteiger partial charge in [-0.15, -0.1) is 4.41 Å². The van der Waals surface area contributed by atoms with Crippen molar-refractivity contribution in [2.75, 3.05) is 160 Å². The van der Waals surface area contributed by atoms with E-state index in [1.54, 1.807) is 19.1 Å². The minimum absolute atomic E-state index is 0.00453. The van der Waals surface area contributed by atoms with Crippen LogP contribution in [0.2, 0.25) is 31.6 Å². The summed E-state index contributed by atoms with van der Waals surface area (Å²) in [5.41, 5.74) is 47.2. The van der Waals surface area contributed by atoms with E-state index >= 15 is 0 Å². The molecule has 2 amide bonds. The molecule has 5 heterocycles. The zero-order chi connectivity index (χ0) is 101. The first-order chi connectivity index (χ1) is 60.1. The van der Waals surface area contributed by atoms with Crippen LogP contribution in [0.3, 0.4) is 0 Å². The average Bonchev–Trinajstić information content (AvgIpc) is 1.62. The van der Waals surface area contributed by atoms with Gasteiger partial charge in [0.1, 0.15) is 11.1 Å². The Morgan fingerprint density at radius 1 is 0.477 bits per heavy atom. The Hall–Kier alpha value is -5.23. The fourth-order valence-electron chi connectivity index (χ4n) is 13.8. The molecule has 0 bridgehead atoms. The summed E-state index contributed by atoms with van der Waals surface area (Å²) in [4.78, 5) is 102. The second kappa shape index (κ2) is 61.8. The van der Waals surface area contributed by atoms with Crippen LogP contribution >= 0.6 is 0 Å². The monoisotopic (exact) mass is 1980 g/mol. The number of hydrogen-bond acceptors (Lipinski definition) is 43. The number of carbonyl (C=O) groups is 4. The molecule has 0 radical (unpaired) electrons. The van der Waals surface area contributed by atoms with Crippen LogP contribution in [0, 0.1) is 29.6 Å². The number of nitrogens with one attached hydrogen (secondary N) is 4. The normalized spacial score (nSPS) is 23.3. The molecule has 0 aromatic rings. The molecule has 0 unspecified atom stereocenters.